The van der Waals surface area contributed by atoms with Crippen LogP contribution in [0.25, 0.3) is 0 Å². The van der Waals surface area contributed by atoms with Crippen molar-refractivity contribution in [1.29, 1.82) is 0 Å². The highest BCUT2D eigenvalue weighted by Crippen LogP contribution is 2.60. The smallest absolute Gasteiger partial charge is 0.224 e. The Morgan fingerprint density at radius 1 is 1.13 bits per heavy atom. The molecule has 5 fully saturated rings. The number of ether oxygens (including phenoxy) is 2. The Morgan fingerprint density at radius 3 is 2.68 bits per heavy atom. The zero-order chi connectivity index (χ0) is 21.8. The van der Waals surface area contributed by atoms with Crippen molar-refractivity contribution < 1.29 is 28.4 Å². The van der Waals surface area contributed by atoms with Crippen LogP contribution in [0.3, 0.4) is 0 Å². The number of anilines is 1. The van der Waals surface area contributed by atoms with Crippen LogP contribution in [0.5, 0.6) is 0 Å². The maximum Gasteiger partial charge on any atom is 0.224 e. The first-order valence-electron chi connectivity index (χ1n) is 11.6. The largest absolute Gasteiger partial charge is 0.346 e. The average Bonchev–Trinajstić information content (AvgIpc) is 2.97. The Labute approximate surface area is 182 Å². The number of halogens is 1. The summed E-state index contributed by atoms with van der Waals surface area (Å²) in [6.45, 7) is 6.42. The minimum absolute atomic E-state index is 0.0970. The molecule has 5 aliphatic rings. The lowest BCUT2D eigenvalue weighted by atomic mass is 9.57. The Balaban J connectivity index is 1.30. The van der Waals surface area contributed by atoms with Gasteiger partial charge in [-0.15, -0.1) is 0 Å². The third-order valence-electron chi connectivity index (χ3n) is 8.08. The van der Waals surface area contributed by atoms with E-state index in [9.17, 15) is 9.18 Å². The monoisotopic (exact) mass is 433 g/mol. The van der Waals surface area contributed by atoms with Crippen LogP contribution in [-0.2, 0) is 24.0 Å². The molecule has 1 N–H and O–H groups in total. The van der Waals surface area contributed by atoms with E-state index in [1.54, 1.807) is 12.1 Å². The molecule has 1 aromatic carbocycles. The number of carbonyl (C=O) groups is 1. The van der Waals surface area contributed by atoms with Gasteiger partial charge >= 0.3 is 0 Å². The molecule has 1 spiro atoms. The quantitative estimate of drug-likeness (QED) is 0.692. The van der Waals surface area contributed by atoms with E-state index in [2.05, 4.69) is 19.2 Å². The zero-order valence-electron chi connectivity index (χ0n) is 18.4. The predicted octanol–water partition coefficient (Wildman–Crippen LogP) is 4.79. The first-order valence-corrected chi connectivity index (χ1v) is 11.6. The predicted molar refractivity (Wildman–Crippen MR) is 111 cm³/mol. The standard InChI is InChI=1S/C24H32FNO5/c1-14-4-9-19-15(2)20(10-11-21(27)26-17-7-5-16(25)6-8-17)28-22-24(19)18(14)12-13-23(3,29-22)30-31-24/h5-8,14-15,18-20,22H,4,9-13H2,1-3H3,(H,26,27)/t14-,15-,18+,19+,20-,22-,23?,24-/m1/s1. The summed E-state index contributed by atoms with van der Waals surface area (Å²) in [4.78, 5) is 24.5. The Hall–Kier alpha value is -1.54. The van der Waals surface area contributed by atoms with Gasteiger partial charge in [-0.1, -0.05) is 13.8 Å². The van der Waals surface area contributed by atoms with Crippen LogP contribution in [0.4, 0.5) is 10.1 Å². The maximum absolute atomic E-state index is 13.1. The van der Waals surface area contributed by atoms with Gasteiger partial charge in [-0.3, -0.25) is 4.79 Å². The minimum atomic E-state index is -0.789. The van der Waals surface area contributed by atoms with Crippen molar-refractivity contribution >= 4 is 11.6 Å². The van der Waals surface area contributed by atoms with E-state index in [1.165, 1.54) is 12.1 Å². The average molecular weight is 434 g/mol. The van der Waals surface area contributed by atoms with E-state index in [4.69, 9.17) is 19.2 Å². The summed E-state index contributed by atoms with van der Waals surface area (Å²) in [6.07, 6.45) is 4.34. The van der Waals surface area contributed by atoms with Gasteiger partial charge in [0.05, 0.1) is 6.10 Å². The number of amides is 1. The summed E-state index contributed by atoms with van der Waals surface area (Å²) in [5.74, 6) is 0.135. The molecule has 1 unspecified atom stereocenters. The lowest BCUT2D eigenvalue weighted by Crippen LogP contribution is -2.70. The van der Waals surface area contributed by atoms with E-state index in [1.807, 2.05) is 6.92 Å². The third kappa shape index (κ3) is 3.59. The topological polar surface area (TPSA) is 66.0 Å². The van der Waals surface area contributed by atoms with Gasteiger partial charge in [0.15, 0.2) is 11.9 Å². The summed E-state index contributed by atoms with van der Waals surface area (Å²) < 4.78 is 26.0. The molecule has 31 heavy (non-hydrogen) atoms. The second-order valence-electron chi connectivity index (χ2n) is 10.0. The number of carbonyl (C=O) groups excluding carboxylic acids is 1. The molecule has 1 saturated carbocycles. The van der Waals surface area contributed by atoms with Gasteiger partial charge in [-0.2, -0.15) is 0 Å². The van der Waals surface area contributed by atoms with Gasteiger partial charge in [0.25, 0.3) is 0 Å². The van der Waals surface area contributed by atoms with Crippen molar-refractivity contribution in [2.24, 2.45) is 23.7 Å². The van der Waals surface area contributed by atoms with Gasteiger partial charge < -0.3 is 14.8 Å². The Kier molecular flexibility index (Phi) is 5.36. The van der Waals surface area contributed by atoms with E-state index >= 15 is 0 Å². The number of nitrogens with one attached hydrogen (secondary N) is 1. The van der Waals surface area contributed by atoms with Gasteiger partial charge in [0, 0.05) is 24.4 Å². The van der Waals surface area contributed by atoms with Crippen LogP contribution >= 0.6 is 0 Å². The molecule has 4 heterocycles. The molecule has 1 aromatic rings. The third-order valence-corrected chi connectivity index (χ3v) is 8.08. The molecule has 6 rings (SSSR count). The fraction of sp³-hybridized carbons (Fsp3) is 0.708. The van der Waals surface area contributed by atoms with E-state index < -0.39 is 17.7 Å². The summed E-state index contributed by atoms with van der Waals surface area (Å²) in [5.41, 5.74) is 0.0231. The van der Waals surface area contributed by atoms with Crippen LogP contribution in [0, 0.1) is 29.5 Å². The summed E-state index contributed by atoms with van der Waals surface area (Å²) in [7, 11) is 0. The maximum atomic E-state index is 13.1. The Morgan fingerprint density at radius 2 is 1.90 bits per heavy atom. The first kappa shape index (κ1) is 21.3. The van der Waals surface area contributed by atoms with E-state index in [0.717, 1.165) is 25.7 Å². The number of rotatable bonds is 4. The minimum Gasteiger partial charge on any atom is -0.346 e. The van der Waals surface area contributed by atoms with Crippen molar-refractivity contribution in [2.45, 2.75) is 83.1 Å². The molecule has 7 heteroatoms. The highest BCUT2D eigenvalue weighted by Gasteiger charge is 2.69. The van der Waals surface area contributed by atoms with Crippen molar-refractivity contribution in [3.63, 3.8) is 0 Å². The number of hydrogen-bond acceptors (Lipinski definition) is 5. The lowest BCUT2D eigenvalue weighted by molar-refractivity contribution is -0.571. The summed E-state index contributed by atoms with van der Waals surface area (Å²) in [6, 6.07) is 5.80. The second-order valence-corrected chi connectivity index (χ2v) is 10.0. The van der Waals surface area contributed by atoms with Gasteiger partial charge in [-0.05, 0) is 74.6 Å². The highest BCUT2D eigenvalue weighted by molar-refractivity contribution is 5.90. The molecular formula is C24H32FNO5. The summed E-state index contributed by atoms with van der Waals surface area (Å²) in [5, 5.41) is 2.83. The molecule has 8 atom stereocenters. The van der Waals surface area contributed by atoms with Crippen molar-refractivity contribution in [3.8, 4) is 0 Å². The Bertz CT molecular complexity index is 834. The molecule has 6 nitrogen and oxygen atoms in total. The normalized spacial score (nSPS) is 43.7. The highest BCUT2D eigenvalue weighted by atomic mass is 19.1. The fourth-order valence-corrected chi connectivity index (χ4v) is 6.34. The first-order chi connectivity index (χ1) is 14.8. The molecule has 4 aliphatic heterocycles. The van der Waals surface area contributed by atoms with E-state index in [-0.39, 0.29) is 29.7 Å². The molecule has 0 radical (unpaired) electrons. The SMILES string of the molecule is C[C@H]1[C@@H](CCC(=O)Nc2ccc(F)cc2)O[C@@H]2OC3(C)CC[C@H]4[C@H](C)CC[C@@H]1[C@@]24OO3. The van der Waals surface area contributed by atoms with Crippen LogP contribution in [0.15, 0.2) is 24.3 Å². The van der Waals surface area contributed by atoms with Crippen LogP contribution < -0.4 is 5.32 Å². The summed E-state index contributed by atoms with van der Waals surface area (Å²) >= 11 is 0. The molecule has 4 saturated heterocycles. The molecule has 2 bridgehead atoms. The van der Waals surface area contributed by atoms with Crippen LogP contribution in [-0.4, -0.2) is 29.7 Å². The molecule has 1 amide bonds. The molecule has 1 aliphatic carbocycles. The molecule has 0 aromatic heterocycles. The fourth-order valence-electron chi connectivity index (χ4n) is 6.34. The van der Waals surface area contributed by atoms with Gasteiger partial charge in [-0.25, -0.2) is 14.2 Å². The molecule has 170 valence electrons. The van der Waals surface area contributed by atoms with Crippen LogP contribution in [0.1, 0.15) is 59.3 Å². The number of hydrogen-bond donors (Lipinski definition) is 1. The van der Waals surface area contributed by atoms with Gasteiger partial charge in [0.2, 0.25) is 11.7 Å². The van der Waals surface area contributed by atoms with Crippen LogP contribution in [0.2, 0.25) is 0 Å². The number of fused-ring (bicyclic) bond motifs is 2. The van der Waals surface area contributed by atoms with Crippen molar-refractivity contribution in [3.05, 3.63) is 30.1 Å². The second kappa shape index (κ2) is 7.80. The lowest BCUT2D eigenvalue weighted by Gasteiger charge is -2.60. The van der Waals surface area contributed by atoms with E-state index in [0.29, 0.717) is 30.4 Å². The van der Waals surface area contributed by atoms with Gasteiger partial charge in [0.1, 0.15) is 5.82 Å². The number of benzene rings is 1. The zero-order valence-corrected chi connectivity index (χ0v) is 18.4. The molecular weight excluding hydrogens is 401 g/mol. The van der Waals surface area contributed by atoms with Crippen molar-refractivity contribution in [2.75, 3.05) is 5.32 Å². The van der Waals surface area contributed by atoms with Crippen molar-refractivity contribution in [1.82, 2.24) is 0 Å².